The van der Waals surface area contributed by atoms with Crippen molar-refractivity contribution in [3.8, 4) is 44.6 Å². The van der Waals surface area contributed by atoms with Gasteiger partial charge in [-0.3, -0.25) is 4.98 Å². The number of nitrogens with zero attached hydrogens (tertiary/aromatic N) is 1. The first-order valence-corrected chi connectivity index (χ1v) is 17.3. The molecule has 0 aliphatic heterocycles. The Bertz CT molecular complexity index is 2210. The van der Waals surface area contributed by atoms with Gasteiger partial charge in [0.15, 0.2) is 23.3 Å². The molecule has 0 bridgehead atoms. The van der Waals surface area contributed by atoms with Crippen LogP contribution in [0.1, 0.15) is 76.0 Å². The van der Waals surface area contributed by atoms with E-state index in [1.165, 1.54) is 60.9 Å². The topological polar surface area (TPSA) is 12.9 Å². The van der Waals surface area contributed by atoms with E-state index in [0.29, 0.717) is 16.6 Å². The molecule has 263 valence electrons. The van der Waals surface area contributed by atoms with E-state index in [0.717, 1.165) is 40.7 Å². The van der Waals surface area contributed by atoms with E-state index in [9.17, 15) is 22.0 Å². The Morgan fingerprint density at radius 1 is 0.627 bits per heavy atom. The number of benzene rings is 5. The van der Waals surface area contributed by atoms with Crippen LogP contribution in [0.15, 0.2) is 84.9 Å². The first-order chi connectivity index (χ1) is 24.1. The molecule has 1 aliphatic carbocycles. The third kappa shape index (κ3) is 6.67. The fourth-order valence-electron chi connectivity index (χ4n) is 7.36. The molecular weight excluding hydrogens is 830 g/mol. The Morgan fingerprint density at radius 3 is 2.00 bits per heavy atom. The van der Waals surface area contributed by atoms with Crippen molar-refractivity contribution in [1.29, 1.82) is 0 Å². The summed E-state index contributed by atoms with van der Waals surface area (Å²) in [6, 6.07) is 30.4. The summed E-state index contributed by atoms with van der Waals surface area (Å²) >= 11 is 0. The van der Waals surface area contributed by atoms with Gasteiger partial charge in [0.05, 0.1) is 11.1 Å². The van der Waals surface area contributed by atoms with E-state index in [1.54, 1.807) is 6.07 Å². The maximum absolute atomic E-state index is 15.0. The van der Waals surface area contributed by atoms with Gasteiger partial charge in [0.2, 0.25) is 5.82 Å². The van der Waals surface area contributed by atoms with E-state index in [-0.39, 0.29) is 31.1 Å². The van der Waals surface area contributed by atoms with Gasteiger partial charge in [-0.05, 0) is 63.9 Å². The molecule has 0 atom stereocenters. The van der Waals surface area contributed by atoms with Crippen molar-refractivity contribution >= 4 is 10.9 Å². The van der Waals surface area contributed by atoms with Crippen molar-refractivity contribution in [3.63, 3.8) is 0 Å². The van der Waals surface area contributed by atoms with Crippen molar-refractivity contribution in [1.82, 2.24) is 4.98 Å². The molecule has 0 saturated heterocycles. The monoisotopic (exact) mass is 867 g/mol. The number of aryl methyl sites for hydroxylation is 1. The predicted molar refractivity (Wildman–Crippen MR) is 191 cm³/mol. The van der Waals surface area contributed by atoms with Gasteiger partial charge in [0, 0.05) is 25.5 Å². The summed E-state index contributed by atoms with van der Waals surface area (Å²) in [4.78, 5) is 4.94. The van der Waals surface area contributed by atoms with E-state index in [1.807, 2.05) is 36.4 Å². The number of aromatic nitrogens is 1. The Morgan fingerprint density at radius 2 is 1.27 bits per heavy atom. The molecule has 0 amide bonds. The van der Waals surface area contributed by atoms with E-state index in [2.05, 4.69) is 57.2 Å². The number of hydrogen-bond acceptors (Lipinski definition) is 1. The number of hydrogen-bond donors (Lipinski definition) is 0. The summed E-state index contributed by atoms with van der Waals surface area (Å²) < 4.78 is 72.3. The molecule has 0 saturated carbocycles. The molecule has 5 aromatic carbocycles. The van der Waals surface area contributed by atoms with Crippen molar-refractivity contribution in [2.75, 3.05) is 0 Å². The summed E-state index contributed by atoms with van der Waals surface area (Å²) in [5, 5.41) is 0.521. The third-order valence-electron chi connectivity index (χ3n) is 10.2. The minimum absolute atomic E-state index is 0. The quantitative estimate of drug-likeness (QED) is 0.0439. The molecule has 7 rings (SSSR count). The molecule has 0 unspecified atom stereocenters. The van der Waals surface area contributed by atoms with Crippen LogP contribution in [0.3, 0.4) is 0 Å². The first kappa shape index (κ1) is 36.6. The first-order valence-electron chi connectivity index (χ1n) is 17.3. The van der Waals surface area contributed by atoms with Gasteiger partial charge in [-0.1, -0.05) is 125 Å². The van der Waals surface area contributed by atoms with E-state index >= 15 is 0 Å². The Hall–Kier alpha value is -4.19. The van der Waals surface area contributed by atoms with Crippen molar-refractivity contribution in [2.45, 2.75) is 71.1 Å². The van der Waals surface area contributed by atoms with Crippen LogP contribution >= 0.6 is 0 Å². The van der Waals surface area contributed by atoms with Crippen LogP contribution in [-0.4, -0.2) is 4.98 Å². The Labute approximate surface area is 309 Å². The van der Waals surface area contributed by atoms with Crippen molar-refractivity contribution < 1.29 is 42.1 Å². The molecule has 6 aromatic rings. The summed E-state index contributed by atoms with van der Waals surface area (Å²) in [6.07, 6.45) is 8.20. The zero-order valence-electron chi connectivity index (χ0n) is 28.7. The van der Waals surface area contributed by atoms with Crippen LogP contribution in [0, 0.1) is 35.2 Å². The maximum Gasteiger partial charge on any atom is 0.200 e. The molecular formula is C44H37F5IrN-. The standard InChI is InChI=1S/C44H37F5N.Ir/c1-4-5-6-7-8-9-12-26-15-17-27(18-16-26)32-25-37(28-19-21-31-30-13-10-11-14-34(30)44(2,3)35(31)24-28)50-36-22-20-29(23-33(32)36)38-39(45)41(47)43(49)42(48)40(38)46;/h10-11,13-18,20-25H,4-9,12H2,1-3H3;/q-1;. The Balaban J connectivity index is 0.00000448. The number of unbranched alkanes of at least 4 members (excludes halogenated alkanes) is 5. The SMILES string of the molecule is CCCCCCCCc1ccc(-c2cc(-c3[c-]cc4c(c3)C(C)(C)c3ccccc3-4)nc3ccc(-c4c(F)c(F)c(F)c(F)c4F)cc23)cc1.[Ir]. The minimum atomic E-state index is -2.19. The van der Waals surface area contributed by atoms with E-state index < -0.39 is 34.6 Å². The smallest absolute Gasteiger partial charge is 0.200 e. The number of fused-ring (bicyclic) bond motifs is 4. The van der Waals surface area contributed by atoms with Crippen LogP contribution < -0.4 is 0 Å². The van der Waals surface area contributed by atoms with Gasteiger partial charge in [0.25, 0.3) is 0 Å². The van der Waals surface area contributed by atoms with Gasteiger partial charge >= 0.3 is 0 Å². The van der Waals surface area contributed by atoms with Gasteiger partial charge < -0.3 is 0 Å². The second-order valence-corrected chi connectivity index (χ2v) is 13.8. The van der Waals surface area contributed by atoms with Crippen molar-refractivity contribution in [2.24, 2.45) is 0 Å². The summed E-state index contributed by atoms with van der Waals surface area (Å²) in [7, 11) is 0. The third-order valence-corrected chi connectivity index (χ3v) is 10.2. The fourth-order valence-corrected chi connectivity index (χ4v) is 7.36. The molecule has 1 heterocycles. The van der Waals surface area contributed by atoms with Crippen LogP contribution in [0.25, 0.3) is 55.5 Å². The van der Waals surface area contributed by atoms with E-state index in [4.69, 9.17) is 4.98 Å². The van der Waals surface area contributed by atoms with Crippen LogP contribution in [-0.2, 0) is 31.9 Å². The zero-order valence-corrected chi connectivity index (χ0v) is 31.1. The van der Waals surface area contributed by atoms with Crippen molar-refractivity contribution in [3.05, 3.63) is 137 Å². The molecule has 1 nitrogen and oxygen atoms in total. The molecule has 51 heavy (non-hydrogen) atoms. The number of halogens is 5. The maximum atomic E-state index is 15.0. The average molecular weight is 867 g/mol. The van der Waals surface area contributed by atoms with Crippen LogP contribution in [0.4, 0.5) is 22.0 Å². The predicted octanol–water partition coefficient (Wildman–Crippen LogP) is 12.9. The number of pyridine rings is 1. The van der Waals surface area contributed by atoms with Crippen LogP contribution in [0.5, 0.6) is 0 Å². The van der Waals surface area contributed by atoms with Gasteiger partial charge in [0.1, 0.15) is 0 Å². The van der Waals surface area contributed by atoms with Gasteiger partial charge in [-0.15, -0.1) is 29.3 Å². The molecule has 1 aliphatic rings. The van der Waals surface area contributed by atoms with Crippen LogP contribution in [0.2, 0.25) is 0 Å². The van der Waals surface area contributed by atoms with Gasteiger partial charge in [-0.2, -0.15) is 0 Å². The second-order valence-electron chi connectivity index (χ2n) is 13.8. The largest absolute Gasteiger partial charge is 0.296 e. The molecule has 0 N–H and O–H groups in total. The summed E-state index contributed by atoms with van der Waals surface area (Å²) in [5.74, 6) is -9.89. The fraction of sp³-hybridized carbons (Fsp3) is 0.250. The van der Waals surface area contributed by atoms with Gasteiger partial charge in [-0.25, -0.2) is 22.0 Å². The Kier molecular flexibility index (Phi) is 10.6. The second kappa shape index (κ2) is 14.8. The summed E-state index contributed by atoms with van der Waals surface area (Å²) in [5.41, 5.74) is 8.11. The molecule has 1 radical (unpaired) electrons. The average Bonchev–Trinajstić information content (AvgIpc) is 3.36. The molecule has 7 heteroatoms. The molecule has 0 fully saturated rings. The minimum Gasteiger partial charge on any atom is -0.296 e. The molecule has 1 aromatic heterocycles. The zero-order chi connectivity index (χ0) is 35.2. The normalized spacial score (nSPS) is 12.9. The summed E-state index contributed by atoms with van der Waals surface area (Å²) in [6.45, 7) is 6.61. The molecule has 0 spiro atoms. The number of rotatable bonds is 10.